The second kappa shape index (κ2) is 15.8. The summed E-state index contributed by atoms with van der Waals surface area (Å²) in [5.74, 6) is 0. The van der Waals surface area contributed by atoms with Gasteiger partial charge in [-0.05, 0) is 31.2 Å². The Morgan fingerprint density at radius 2 is 1.13 bits per heavy atom. The number of rotatable bonds is 15. The highest BCUT2D eigenvalue weighted by Gasteiger charge is 1.92. The Balaban J connectivity index is 1.78. The van der Waals surface area contributed by atoms with E-state index < -0.39 is 0 Å². The Labute approximate surface area is 145 Å². The van der Waals surface area contributed by atoms with Gasteiger partial charge in [-0.3, -0.25) is 0 Å². The topological polar surface area (TPSA) is 0 Å². The molecule has 0 radical (unpaired) electrons. The minimum absolute atomic E-state index is 1.18. The zero-order chi connectivity index (χ0) is 16.4. The number of hydrogen-bond donors (Lipinski definition) is 0. The van der Waals surface area contributed by atoms with Gasteiger partial charge >= 0.3 is 0 Å². The SMILES string of the molecule is CCCCCCCCCCCCCC=CCCc1ccccc1. The van der Waals surface area contributed by atoms with Gasteiger partial charge in [0, 0.05) is 0 Å². The van der Waals surface area contributed by atoms with Crippen LogP contribution in [0.1, 0.15) is 96.0 Å². The van der Waals surface area contributed by atoms with Crippen molar-refractivity contribution in [3.05, 3.63) is 48.0 Å². The third kappa shape index (κ3) is 13.1. The number of hydrogen-bond acceptors (Lipinski definition) is 0. The fourth-order valence-electron chi connectivity index (χ4n) is 3.06. The van der Waals surface area contributed by atoms with Crippen molar-refractivity contribution in [3.8, 4) is 0 Å². The third-order valence-corrected chi connectivity index (χ3v) is 4.58. The van der Waals surface area contributed by atoms with Crippen LogP contribution in [0, 0.1) is 0 Å². The molecule has 0 aliphatic heterocycles. The molecular formula is C23H38. The van der Waals surface area contributed by atoms with Crippen LogP contribution in [0.5, 0.6) is 0 Å². The fourth-order valence-corrected chi connectivity index (χ4v) is 3.06. The number of aryl methyl sites for hydroxylation is 1. The van der Waals surface area contributed by atoms with E-state index in [4.69, 9.17) is 0 Å². The number of benzene rings is 1. The Morgan fingerprint density at radius 1 is 0.609 bits per heavy atom. The van der Waals surface area contributed by atoms with E-state index in [1.807, 2.05) is 0 Å². The van der Waals surface area contributed by atoms with Crippen LogP contribution in [0.15, 0.2) is 42.5 Å². The number of allylic oxidation sites excluding steroid dienone is 2. The highest BCUT2D eigenvalue weighted by atomic mass is 14.0. The fraction of sp³-hybridized carbons (Fsp3) is 0.652. The Morgan fingerprint density at radius 3 is 1.74 bits per heavy atom. The van der Waals surface area contributed by atoms with Crippen molar-refractivity contribution in [1.82, 2.24) is 0 Å². The second-order valence-electron chi connectivity index (χ2n) is 6.82. The molecular weight excluding hydrogens is 276 g/mol. The molecule has 0 heteroatoms. The lowest BCUT2D eigenvalue weighted by atomic mass is 10.0. The molecule has 0 aromatic heterocycles. The molecule has 1 aromatic carbocycles. The summed E-state index contributed by atoms with van der Waals surface area (Å²) in [6.45, 7) is 2.29. The van der Waals surface area contributed by atoms with Gasteiger partial charge in [0.15, 0.2) is 0 Å². The van der Waals surface area contributed by atoms with Gasteiger partial charge in [-0.15, -0.1) is 0 Å². The van der Waals surface area contributed by atoms with Gasteiger partial charge in [0.2, 0.25) is 0 Å². The summed E-state index contributed by atoms with van der Waals surface area (Å²) < 4.78 is 0. The van der Waals surface area contributed by atoms with Gasteiger partial charge in [0.05, 0.1) is 0 Å². The summed E-state index contributed by atoms with van der Waals surface area (Å²) in [6.07, 6.45) is 24.1. The summed E-state index contributed by atoms with van der Waals surface area (Å²) in [6, 6.07) is 10.8. The Hall–Kier alpha value is -1.04. The molecule has 0 spiro atoms. The smallest absolute Gasteiger partial charge is 0.0244 e. The average molecular weight is 315 g/mol. The minimum atomic E-state index is 1.18. The van der Waals surface area contributed by atoms with Crippen molar-refractivity contribution in [2.24, 2.45) is 0 Å². The van der Waals surface area contributed by atoms with Crippen molar-refractivity contribution >= 4 is 0 Å². The van der Waals surface area contributed by atoms with Crippen molar-refractivity contribution in [1.29, 1.82) is 0 Å². The van der Waals surface area contributed by atoms with Crippen LogP contribution in [-0.4, -0.2) is 0 Å². The van der Waals surface area contributed by atoms with Gasteiger partial charge in [-0.2, -0.15) is 0 Å². The van der Waals surface area contributed by atoms with E-state index in [2.05, 4.69) is 49.4 Å². The van der Waals surface area contributed by atoms with E-state index in [-0.39, 0.29) is 0 Å². The molecule has 0 aliphatic rings. The highest BCUT2D eigenvalue weighted by molar-refractivity contribution is 5.15. The van der Waals surface area contributed by atoms with Crippen LogP contribution >= 0.6 is 0 Å². The third-order valence-electron chi connectivity index (χ3n) is 4.58. The molecule has 0 unspecified atom stereocenters. The van der Waals surface area contributed by atoms with Crippen molar-refractivity contribution in [2.45, 2.75) is 96.8 Å². The van der Waals surface area contributed by atoms with Crippen molar-refractivity contribution in [3.63, 3.8) is 0 Å². The van der Waals surface area contributed by atoms with Crippen LogP contribution in [0.25, 0.3) is 0 Å². The maximum Gasteiger partial charge on any atom is -0.0244 e. The second-order valence-corrected chi connectivity index (χ2v) is 6.82. The van der Waals surface area contributed by atoms with Crippen molar-refractivity contribution in [2.75, 3.05) is 0 Å². The summed E-state index contributed by atoms with van der Waals surface area (Å²) in [7, 11) is 0. The van der Waals surface area contributed by atoms with Crippen LogP contribution in [0.2, 0.25) is 0 Å². The first-order valence-corrected chi connectivity index (χ1v) is 10.1. The van der Waals surface area contributed by atoms with Gasteiger partial charge in [0.1, 0.15) is 0 Å². The molecule has 1 rings (SSSR count). The van der Waals surface area contributed by atoms with E-state index in [0.717, 1.165) is 0 Å². The molecule has 0 atom stereocenters. The van der Waals surface area contributed by atoms with Gasteiger partial charge < -0.3 is 0 Å². The molecule has 23 heavy (non-hydrogen) atoms. The summed E-state index contributed by atoms with van der Waals surface area (Å²) in [4.78, 5) is 0. The lowest BCUT2D eigenvalue weighted by Crippen LogP contribution is -1.82. The standard InChI is InChI=1S/C23H38/c1-2-3-4-5-6-7-8-9-10-11-12-13-14-15-17-20-23-21-18-16-19-22-23/h14-16,18-19,21-22H,2-13,17,20H2,1H3. The van der Waals surface area contributed by atoms with E-state index in [9.17, 15) is 0 Å². The quantitative estimate of drug-likeness (QED) is 0.228. The molecule has 0 nitrogen and oxygen atoms in total. The van der Waals surface area contributed by atoms with Gasteiger partial charge in [-0.25, -0.2) is 0 Å². The molecule has 0 bridgehead atoms. The lowest BCUT2D eigenvalue weighted by molar-refractivity contribution is 0.550. The maximum absolute atomic E-state index is 2.39. The molecule has 130 valence electrons. The van der Waals surface area contributed by atoms with Crippen molar-refractivity contribution < 1.29 is 0 Å². The van der Waals surface area contributed by atoms with Crippen LogP contribution in [0.3, 0.4) is 0 Å². The number of unbranched alkanes of at least 4 members (excludes halogenated alkanes) is 11. The molecule has 0 saturated carbocycles. The summed E-state index contributed by atoms with van der Waals surface area (Å²) in [5, 5.41) is 0. The Kier molecular flexibility index (Phi) is 13.8. The first-order valence-electron chi connectivity index (χ1n) is 10.1. The molecule has 0 heterocycles. The van der Waals surface area contributed by atoms with Crippen LogP contribution in [-0.2, 0) is 6.42 Å². The maximum atomic E-state index is 2.39. The zero-order valence-electron chi connectivity index (χ0n) is 15.4. The van der Waals surface area contributed by atoms with E-state index in [1.165, 1.54) is 95.5 Å². The predicted molar refractivity (Wildman–Crippen MR) is 105 cm³/mol. The summed E-state index contributed by atoms with van der Waals surface area (Å²) in [5.41, 5.74) is 1.45. The molecule has 0 N–H and O–H groups in total. The average Bonchev–Trinajstić information content (AvgIpc) is 2.59. The molecule has 0 saturated heterocycles. The minimum Gasteiger partial charge on any atom is -0.0885 e. The lowest BCUT2D eigenvalue weighted by Gasteiger charge is -2.01. The molecule has 1 aromatic rings. The monoisotopic (exact) mass is 314 g/mol. The zero-order valence-corrected chi connectivity index (χ0v) is 15.4. The van der Waals surface area contributed by atoms with Gasteiger partial charge in [0.25, 0.3) is 0 Å². The van der Waals surface area contributed by atoms with E-state index >= 15 is 0 Å². The first kappa shape index (κ1) is 20.0. The molecule has 0 amide bonds. The van der Waals surface area contributed by atoms with Crippen LogP contribution < -0.4 is 0 Å². The van der Waals surface area contributed by atoms with E-state index in [1.54, 1.807) is 0 Å². The van der Waals surface area contributed by atoms with Gasteiger partial charge in [-0.1, -0.05) is 114 Å². The van der Waals surface area contributed by atoms with E-state index in [0.29, 0.717) is 0 Å². The summed E-state index contributed by atoms with van der Waals surface area (Å²) >= 11 is 0. The Bertz CT molecular complexity index is 363. The van der Waals surface area contributed by atoms with Crippen LogP contribution in [0.4, 0.5) is 0 Å². The highest BCUT2D eigenvalue weighted by Crippen LogP contribution is 2.12. The largest absolute Gasteiger partial charge is 0.0885 e. The predicted octanol–water partition coefficient (Wildman–Crippen LogP) is 7.88. The first-order chi connectivity index (χ1) is 11.4. The molecule has 0 aliphatic carbocycles. The normalized spacial score (nSPS) is 11.3. The molecule has 0 fully saturated rings.